The van der Waals surface area contributed by atoms with Gasteiger partial charge in [-0.15, -0.1) is 0 Å². The summed E-state index contributed by atoms with van der Waals surface area (Å²) in [6, 6.07) is 4.91. The molecule has 1 aromatic carbocycles. The van der Waals surface area contributed by atoms with Gasteiger partial charge in [0.15, 0.2) is 11.6 Å². The number of rotatable bonds is 4. The molecule has 1 aromatic rings. The molecular weight excluding hydrogens is 281 g/mol. The number of carbonyl (C=O) groups is 1. The number of hydrogen-bond acceptors (Lipinski definition) is 2. The first-order chi connectivity index (χ1) is 10.7. The molecule has 0 atom stereocenters. The highest BCUT2D eigenvalue weighted by Gasteiger charge is 2.12. The Morgan fingerprint density at radius 2 is 1.91 bits per heavy atom. The third kappa shape index (κ3) is 5.17. The summed E-state index contributed by atoms with van der Waals surface area (Å²) in [7, 11) is 1.43. The Morgan fingerprint density at radius 1 is 1.23 bits per heavy atom. The summed E-state index contributed by atoms with van der Waals surface area (Å²) < 4.78 is 18.4. The van der Waals surface area contributed by atoms with E-state index in [4.69, 9.17) is 4.74 Å². The average molecular weight is 305 g/mol. The van der Waals surface area contributed by atoms with Gasteiger partial charge in [-0.05, 0) is 36.6 Å². The maximum absolute atomic E-state index is 13.6. The molecule has 3 nitrogen and oxygen atoms in total. The van der Waals surface area contributed by atoms with E-state index < -0.39 is 5.82 Å². The molecule has 0 heterocycles. The van der Waals surface area contributed by atoms with E-state index >= 15 is 0 Å². The topological polar surface area (TPSA) is 38.3 Å². The van der Waals surface area contributed by atoms with Gasteiger partial charge in [0.1, 0.15) is 0 Å². The number of amides is 1. The zero-order chi connectivity index (χ0) is 15.8. The number of carbonyl (C=O) groups excluding carboxylic acids is 1. The lowest BCUT2D eigenvalue weighted by Gasteiger charge is -2.20. The van der Waals surface area contributed by atoms with Crippen LogP contribution in [0.4, 0.5) is 4.39 Å². The van der Waals surface area contributed by atoms with E-state index in [0.717, 1.165) is 12.8 Å². The molecule has 0 spiro atoms. The highest BCUT2D eigenvalue weighted by molar-refractivity contribution is 5.91. The fourth-order valence-corrected chi connectivity index (χ4v) is 2.81. The van der Waals surface area contributed by atoms with E-state index in [1.807, 2.05) is 0 Å². The molecular formula is C18H24FNO2. The van der Waals surface area contributed by atoms with E-state index in [2.05, 4.69) is 5.32 Å². The molecule has 2 rings (SSSR count). The predicted octanol–water partition coefficient (Wildman–Crippen LogP) is 4.08. The molecule has 0 aliphatic heterocycles. The van der Waals surface area contributed by atoms with Gasteiger partial charge in [0.2, 0.25) is 5.91 Å². The summed E-state index contributed by atoms with van der Waals surface area (Å²) in [5.74, 6) is -0.331. The van der Waals surface area contributed by atoms with Crippen LogP contribution in [0.2, 0.25) is 0 Å². The van der Waals surface area contributed by atoms with Crippen molar-refractivity contribution in [3.8, 4) is 5.75 Å². The summed E-state index contributed by atoms with van der Waals surface area (Å²) in [5, 5.41) is 3.05. The van der Waals surface area contributed by atoms with Gasteiger partial charge < -0.3 is 10.1 Å². The van der Waals surface area contributed by atoms with Crippen molar-refractivity contribution in [2.45, 2.75) is 51.0 Å². The third-order valence-corrected chi connectivity index (χ3v) is 4.05. The molecule has 0 saturated heterocycles. The zero-order valence-electron chi connectivity index (χ0n) is 13.1. The number of halogens is 1. The van der Waals surface area contributed by atoms with Gasteiger partial charge in [0.25, 0.3) is 0 Å². The van der Waals surface area contributed by atoms with Crippen LogP contribution in [0.15, 0.2) is 24.3 Å². The minimum Gasteiger partial charge on any atom is -0.494 e. The molecule has 0 unspecified atom stereocenters. The maximum Gasteiger partial charge on any atom is 0.244 e. The van der Waals surface area contributed by atoms with Crippen molar-refractivity contribution in [1.82, 2.24) is 5.32 Å². The van der Waals surface area contributed by atoms with Crippen LogP contribution in [0.25, 0.3) is 6.08 Å². The van der Waals surface area contributed by atoms with Crippen molar-refractivity contribution in [2.75, 3.05) is 7.11 Å². The second-order valence-electron chi connectivity index (χ2n) is 5.78. The maximum atomic E-state index is 13.6. The fourth-order valence-electron chi connectivity index (χ4n) is 2.81. The van der Waals surface area contributed by atoms with Crippen LogP contribution >= 0.6 is 0 Å². The largest absolute Gasteiger partial charge is 0.494 e. The van der Waals surface area contributed by atoms with Crippen LogP contribution in [-0.2, 0) is 4.79 Å². The van der Waals surface area contributed by atoms with Crippen molar-refractivity contribution in [3.63, 3.8) is 0 Å². The number of methoxy groups -OCH3 is 1. The molecule has 1 saturated carbocycles. The van der Waals surface area contributed by atoms with Gasteiger partial charge in [0, 0.05) is 12.1 Å². The summed E-state index contributed by atoms with van der Waals surface area (Å²) in [6.07, 6.45) is 11.4. The average Bonchev–Trinajstić information content (AvgIpc) is 2.48. The molecule has 0 radical (unpaired) electrons. The van der Waals surface area contributed by atoms with Crippen molar-refractivity contribution in [2.24, 2.45) is 0 Å². The molecule has 1 amide bonds. The quantitative estimate of drug-likeness (QED) is 0.851. The predicted molar refractivity (Wildman–Crippen MR) is 86.2 cm³/mol. The Bertz CT molecular complexity index is 520. The van der Waals surface area contributed by atoms with Gasteiger partial charge in [-0.1, -0.05) is 38.2 Å². The molecule has 1 aliphatic carbocycles. The Morgan fingerprint density at radius 3 is 2.55 bits per heavy atom. The number of hydrogen-bond donors (Lipinski definition) is 1. The monoisotopic (exact) mass is 305 g/mol. The Labute approximate surface area is 131 Å². The first-order valence-corrected chi connectivity index (χ1v) is 8.01. The van der Waals surface area contributed by atoms with Gasteiger partial charge in [-0.25, -0.2) is 4.39 Å². The standard InChI is InChI=1S/C18H24FNO2/c1-22-17-11-9-14(13-16(17)19)10-12-18(21)20-15-7-5-3-2-4-6-8-15/h9-13,15H,2-8H2,1H3,(H,20,21)/b12-10+. The second kappa shape index (κ2) is 8.57. The lowest BCUT2D eigenvalue weighted by Crippen LogP contribution is -2.34. The van der Waals surface area contributed by atoms with Crippen molar-refractivity contribution in [3.05, 3.63) is 35.7 Å². The fraction of sp³-hybridized carbons (Fsp3) is 0.500. The van der Waals surface area contributed by atoms with Gasteiger partial charge >= 0.3 is 0 Å². The smallest absolute Gasteiger partial charge is 0.244 e. The minimum absolute atomic E-state index is 0.109. The Kier molecular flexibility index (Phi) is 6.44. The lowest BCUT2D eigenvalue weighted by atomic mass is 9.97. The van der Waals surface area contributed by atoms with Crippen LogP contribution in [0.1, 0.15) is 50.5 Å². The Hall–Kier alpha value is -1.84. The van der Waals surface area contributed by atoms with Gasteiger partial charge in [0.05, 0.1) is 7.11 Å². The molecule has 1 aliphatic rings. The highest BCUT2D eigenvalue weighted by atomic mass is 19.1. The van der Waals surface area contributed by atoms with Gasteiger partial charge in [-0.2, -0.15) is 0 Å². The first-order valence-electron chi connectivity index (χ1n) is 8.01. The number of nitrogens with one attached hydrogen (secondary N) is 1. The molecule has 22 heavy (non-hydrogen) atoms. The van der Waals surface area contributed by atoms with Crippen molar-refractivity contribution in [1.29, 1.82) is 0 Å². The normalized spacial score (nSPS) is 17.0. The molecule has 1 N–H and O–H groups in total. The van der Waals surface area contributed by atoms with Crippen LogP contribution in [0.5, 0.6) is 5.75 Å². The number of ether oxygens (including phenoxy) is 1. The molecule has 1 fully saturated rings. The van der Waals surface area contributed by atoms with E-state index in [0.29, 0.717) is 5.56 Å². The Balaban J connectivity index is 1.88. The summed E-state index contributed by atoms with van der Waals surface area (Å²) in [4.78, 5) is 12.0. The van der Waals surface area contributed by atoms with E-state index in [9.17, 15) is 9.18 Å². The van der Waals surface area contributed by atoms with Crippen LogP contribution in [0.3, 0.4) is 0 Å². The SMILES string of the molecule is COc1ccc(/C=C/C(=O)NC2CCCCCCC2)cc1F. The lowest BCUT2D eigenvalue weighted by molar-refractivity contribution is -0.117. The third-order valence-electron chi connectivity index (χ3n) is 4.05. The molecule has 0 aromatic heterocycles. The minimum atomic E-state index is -0.426. The van der Waals surface area contributed by atoms with E-state index in [1.165, 1.54) is 51.4 Å². The molecule has 4 heteroatoms. The van der Waals surface area contributed by atoms with Gasteiger partial charge in [-0.3, -0.25) is 4.79 Å². The summed E-state index contributed by atoms with van der Waals surface area (Å²) in [6.45, 7) is 0. The van der Waals surface area contributed by atoms with Crippen LogP contribution < -0.4 is 10.1 Å². The number of benzene rings is 1. The van der Waals surface area contributed by atoms with Crippen molar-refractivity contribution >= 4 is 12.0 Å². The highest BCUT2D eigenvalue weighted by Crippen LogP contribution is 2.19. The summed E-state index contributed by atoms with van der Waals surface area (Å²) in [5.41, 5.74) is 0.645. The van der Waals surface area contributed by atoms with Crippen LogP contribution in [-0.4, -0.2) is 19.1 Å². The molecule has 0 bridgehead atoms. The zero-order valence-corrected chi connectivity index (χ0v) is 13.1. The van der Waals surface area contributed by atoms with E-state index in [1.54, 1.807) is 18.2 Å². The van der Waals surface area contributed by atoms with E-state index in [-0.39, 0.29) is 17.7 Å². The van der Waals surface area contributed by atoms with Crippen molar-refractivity contribution < 1.29 is 13.9 Å². The van der Waals surface area contributed by atoms with Crippen LogP contribution in [0, 0.1) is 5.82 Å². The second-order valence-corrected chi connectivity index (χ2v) is 5.78. The molecule has 120 valence electrons. The summed E-state index contributed by atoms with van der Waals surface area (Å²) >= 11 is 0. The first kappa shape index (κ1) is 16.5.